The number of carboxylic acids is 1. The fourth-order valence-corrected chi connectivity index (χ4v) is 4.07. The van der Waals surface area contributed by atoms with E-state index < -0.39 is 16.0 Å². The van der Waals surface area contributed by atoms with Crippen LogP contribution in [0.15, 0.2) is 40.6 Å². The molecule has 1 heterocycles. The zero-order valence-corrected chi connectivity index (χ0v) is 12.3. The summed E-state index contributed by atoms with van der Waals surface area (Å²) in [4.78, 5) is 11.7. The van der Waals surface area contributed by atoms with Crippen molar-refractivity contribution in [3.8, 4) is 0 Å². The van der Waals surface area contributed by atoms with E-state index in [1.165, 1.54) is 17.4 Å². The maximum absolute atomic E-state index is 12.2. The molecule has 0 amide bonds. The van der Waals surface area contributed by atoms with Crippen molar-refractivity contribution < 1.29 is 18.3 Å². The molecule has 2 rings (SSSR count). The van der Waals surface area contributed by atoms with E-state index >= 15 is 0 Å². The summed E-state index contributed by atoms with van der Waals surface area (Å²) in [7, 11) is -3.68. The predicted octanol–water partition coefficient (Wildman–Crippen LogP) is 2.48. The first-order chi connectivity index (χ1) is 9.38. The summed E-state index contributed by atoms with van der Waals surface area (Å²) in [6.07, 6.45) is -0.234. The molecule has 0 aliphatic heterocycles. The highest BCUT2D eigenvalue weighted by atomic mass is 32.2. The Morgan fingerprint density at radius 2 is 1.95 bits per heavy atom. The number of aliphatic carboxylic acids is 1. The molecule has 0 spiro atoms. The number of hydrogen-bond acceptors (Lipinski definition) is 4. The maximum atomic E-state index is 12.2. The Kier molecular flexibility index (Phi) is 4.10. The van der Waals surface area contributed by atoms with Crippen molar-refractivity contribution >= 4 is 33.0 Å². The zero-order valence-electron chi connectivity index (χ0n) is 10.7. The van der Waals surface area contributed by atoms with Gasteiger partial charge in [-0.25, -0.2) is 8.42 Å². The van der Waals surface area contributed by atoms with E-state index in [0.29, 0.717) is 11.3 Å². The largest absolute Gasteiger partial charge is 0.481 e. The molecule has 0 aliphatic rings. The number of carbonyl (C=O) groups is 1. The second-order valence-corrected chi connectivity index (χ2v) is 7.40. The first-order valence-electron chi connectivity index (χ1n) is 5.77. The van der Waals surface area contributed by atoms with Gasteiger partial charge in [-0.05, 0) is 30.7 Å². The average Bonchev–Trinajstić information content (AvgIpc) is 2.78. The lowest BCUT2D eigenvalue weighted by molar-refractivity contribution is -0.136. The van der Waals surface area contributed by atoms with Crippen molar-refractivity contribution in [2.45, 2.75) is 17.6 Å². The fraction of sp³-hybridized carbons (Fsp3) is 0.154. The lowest BCUT2D eigenvalue weighted by atomic mass is 10.1. The molecule has 2 N–H and O–H groups in total. The van der Waals surface area contributed by atoms with Crippen molar-refractivity contribution in [3.63, 3.8) is 0 Å². The average molecular weight is 311 g/mol. The van der Waals surface area contributed by atoms with Gasteiger partial charge < -0.3 is 5.11 Å². The van der Waals surface area contributed by atoms with Crippen LogP contribution in [0.2, 0.25) is 0 Å². The molecule has 0 fully saturated rings. The fourth-order valence-electron chi connectivity index (χ4n) is 1.69. The number of nitrogens with one attached hydrogen (secondary N) is 1. The molecule has 20 heavy (non-hydrogen) atoms. The third-order valence-corrected chi connectivity index (χ3v) is 5.44. The monoisotopic (exact) mass is 311 g/mol. The Bertz CT molecular complexity index is 734. The standard InChI is InChI=1S/C13H13NO4S2/c1-9-6-7-13(19-9)20(17,18)14-11-5-3-2-4-10(11)8-12(15)16/h2-7,14H,8H2,1H3,(H,15,16). The number of rotatable bonds is 5. The summed E-state index contributed by atoms with van der Waals surface area (Å²) in [6.45, 7) is 1.82. The van der Waals surface area contributed by atoms with E-state index in [1.807, 2.05) is 6.92 Å². The number of hydrogen-bond donors (Lipinski definition) is 2. The molecular weight excluding hydrogens is 298 g/mol. The number of carboxylic acid groups (broad SMARTS) is 1. The van der Waals surface area contributed by atoms with E-state index in [2.05, 4.69) is 4.72 Å². The molecule has 0 aliphatic carbocycles. The second kappa shape index (κ2) is 5.64. The number of aryl methyl sites for hydroxylation is 1. The summed E-state index contributed by atoms with van der Waals surface area (Å²) in [5.74, 6) is -1.01. The van der Waals surface area contributed by atoms with Crippen molar-refractivity contribution in [1.82, 2.24) is 0 Å². The van der Waals surface area contributed by atoms with Crippen molar-refractivity contribution in [1.29, 1.82) is 0 Å². The summed E-state index contributed by atoms with van der Waals surface area (Å²) in [5, 5.41) is 8.83. The van der Waals surface area contributed by atoms with Gasteiger partial charge in [0.25, 0.3) is 10.0 Å². The summed E-state index contributed by atoms with van der Waals surface area (Å²) >= 11 is 1.17. The lowest BCUT2D eigenvalue weighted by Crippen LogP contribution is -2.14. The number of anilines is 1. The quantitative estimate of drug-likeness (QED) is 0.888. The third-order valence-electron chi connectivity index (χ3n) is 2.58. The van der Waals surface area contributed by atoms with Crippen molar-refractivity contribution in [2.75, 3.05) is 4.72 Å². The van der Waals surface area contributed by atoms with E-state index in [-0.39, 0.29) is 10.6 Å². The summed E-state index contributed by atoms with van der Waals surface area (Å²) < 4.78 is 27.1. The van der Waals surface area contributed by atoms with Gasteiger partial charge in [0.15, 0.2) is 0 Å². The Labute approximate surface area is 120 Å². The number of benzene rings is 1. The van der Waals surface area contributed by atoms with Gasteiger partial charge in [0.2, 0.25) is 0 Å². The minimum Gasteiger partial charge on any atom is -0.481 e. The molecular formula is C13H13NO4S2. The highest BCUT2D eigenvalue weighted by Crippen LogP contribution is 2.25. The molecule has 1 aromatic heterocycles. The molecule has 5 nitrogen and oxygen atoms in total. The Morgan fingerprint density at radius 1 is 1.25 bits per heavy atom. The second-order valence-electron chi connectivity index (χ2n) is 4.20. The normalized spacial score (nSPS) is 11.2. The third kappa shape index (κ3) is 3.37. The molecule has 106 valence electrons. The smallest absolute Gasteiger partial charge is 0.307 e. The Hall–Kier alpha value is -1.86. The number of para-hydroxylation sites is 1. The van der Waals surface area contributed by atoms with Gasteiger partial charge in [0.05, 0.1) is 12.1 Å². The topological polar surface area (TPSA) is 83.5 Å². The molecule has 0 saturated heterocycles. The molecule has 1 aromatic carbocycles. The van der Waals surface area contributed by atoms with E-state index in [0.717, 1.165) is 4.88 Å². The van der Waals surface area contributed by atoms with Crippen LogP contribution in [-0.4, -0.2) is 19.5 Å². The summed E-state index contributed by atoms with van der Waals surface area (Å²) in [6, 6.07) is 9.72. The van der Waals surface area contributed by atoms with Crippen LogP contribution in [0.5, 0.6) is 0 Å². The van der Waals surface area contributed by atoms with E-state index in [4.69, 9.17) is 5.11 Å². The van der Waals surface area contributed by atoms with Gasteiger partial charge in [0, 0.05) is 4.88 Å². The van der Waals surface area contributed by atoms with Crippen LogP contribution < -0.4 is 4.72 Å². The van der Waals surface area contributed by atoms with Crippen LogP contribution in [0.4, 0.5) is 5.69 Å². The van der Waals surface area contributed by atoms with Crippen LogP contribution in [0, 0.1) is 6.92 Å². The molecule has 0 saturated carbocycles. The molecule has 7 heteroatoms. The van der Waals surface area contributed by atoms with Crippen LogP contribution >= 0.6 is 11.3 Å². The van der Waals surface area contributed by atoms with Gasteiger partial charge in [-0.2, -0.15) is 0 Å². The van der Waals surface area contributed by atoms with Crippen LogP contribution in [0.3, 0.4) is 0 Å². The van der Waals surface area contributed by atoms with Crippen LogP contribution in [-0.2, 0) is 21.2 Å². The Morgan fingerprint density at radius 3 is 2.55 bits per heavy atom. The molecule has 2 aromatic rings. The SMILES string of the molecule is Cc1ccc(S(=O)(=O)Nc2ccccc2CC(=O)O)s1. The van der Waals surface area contributed by atoms with Crippen LogP contribution in [0.25, 0.3) is 0 Å². The van der Waals surface area contributed by atoms with Gasteiger partial charge in [-0.1, -0.05) is 18.2 Å². The van der Waals surface area contributed by atoms with Crippen molar-refractivity contribution in [2.24, 2.45) is 0 Å². The molecule has 0 atom stereocenters. The van der Waals surface area contributed by atoms with E-state index in [9.17, 15) is 13.2 Å². The first-order valence-corrected chi connectivity index (χ1v) is 8.07. The Balaban J connectivity index is 2.32. The van der Waals surface area contributed by atoms with Gasteiger partial charge in [-0.15, -0.1) is 11.3 Å². The predicted molar refractivity (Wildman–Crippen MR) is 77.6 cm³/mol. The summed E-state index contributed by atoms with van der Waals surface area (Å²) in [5.41, 5.74) is 0.720. The minimum absolute atomic E-state index is 0.208. The minimum atomic E-state index is -3.68. The highest BCUT2D eigenvalue weighted by molar-refractivity contribution is 7.94. The molecule has 0 unspecified atom stereocenters. The van der Waals surface area contributed by atoms with Gasteiger partial charge in [0.1, 0.15) is 4.21 Å². The highest BCUT2D eigenvalue weighted by Gasteiger charge is 2.18. The number of sulfonamides is 1. The molecule has 0 bridgehead atoms. The first kappa shape index (κ1) is 14.5. The van der Waals surface area contributed by atoms with Crippen LogP contribution in [0.1, 0.15) is 10.4 Å². The van der Waals surface area contributed by atoms with Crippen molar-refractivity contribution in [3.05, 3.63) is 46.8 Å². The van der Waals surface area contributed by atoms with E-state index in [1.54, 1.807) is 30.3 Å². The zero-order chi connectivity index (χ0) is 14.8. The maximum Gasteiger partial charge on any atom is 0.307 e. The van der Waals surface area contributed by atoms with Gasteiger partial charge in [-0.3, -0.25) is 9.52 Å². The van der Waals surface area contributed by atoms with Gasteiger partial charge >= 0.3 is 5.97 Å². The molecule has 0 radical (unpaired) electrons. The lowest BCUT2D eigenvalue weighted by Gasteiger charge is -2.10. The number of thiophene rings is 1.